The summed E-state index contributed by atoms with van der Waals surface area (Å²) in [6.45, 7) is 2.20. The van der Waals surface area contributed by atoms with Gasteiger partial charge in [-0.1, -0.05) is 38.3 Å². The Morgan fingerprint density at radius 1 is 1.36 bits per heavy atom. The van der Waals surface area contributed by atoms with E-state index in [0.717, 1.165) is 19.3 Å². The van der Waals surface area contributed by atoms with Crippen LogP contribution < -0.4 is 0 Å². The van der Waals surface area contributed by atoms with Crippen LogP contribution >= 0.6 is 0 Å². The highest BCUT2D eigenvalue weighted by Gasteiger charge is 2.16. The molecule has 0 aromatic rings. The van der Waals surface area contributed by atoms with E-state index in [9.17, 15) is 4.79 Å². The summed E-state index contributed by atoms with van der Waals surface area (Å²) in [7, 11) is 0. The predicted molar refractivity (Wildman–Crippen MR) is 60.2 cm³/mol. The second-order valence-electron chi connectivity index (χ2n) is 4.24. The van der Waals surface area contributed by atoms with E-state index in [4.69, 9.17) is 0 Å². The SMILES string of the molecule is CCCCCCC(=O)C1C=CCCC1. The van der Waals surface area contributed by atoms with E-state index in [-0.39, 0.29) is 5.92 Å². The fourth-order valence-corrected chi connectivity index (χ4v) is 1.99. The lowest BCUT2D eigenvalue weighted by Crippen LogP contribution is -2.13. The number of hydrogen-bond acceptors (Lipinski definition) is 1. The molecule has 0 saturated heterocycles. The third kappa shape index (κ3) is 4.08. The predicted octanol–water partition coefficient (Wildman–Crippen LogP) is 3.88. The molecule has 0 N–H and O–H groups in total. The Labute approximate surface area is 87.6 Å². The first-order valence-corrected chi connectivity index (χ1v) is 6.04. The zero-order valence-corrected chi connectivity index (χ0v) is 9.30. The van der Waals surface area contributed by atoms with Crippen LogP contribution in [0.25, 0.3) is 0 Å². The highest BCUT2D eigenvalue weighted by Crippen LogP contribution is 2.20. The molecule has 0 fully saturated rings. The van der Waals surface area contributed by atoms with Gasteiger partial charge in [-0.25, -0.2) is 0 Å². The maximum Gasteiger partial charge on any atom is 0.139 e. The Bertz CT molecular complexity index is 193. The maximum absolute atomic E-state index is 11.7. The molecule has 0 heterocycles. The minimum absolute atomic E-state index is 0.255. The molecule has 0 radical (unpaired) electrons. The van der Waals surface area contributed by atoms with Crippen molar-refractivity contribution >= 4 is 5.78 Å². The smallest absolute Gasteiger partial charge is 0.139 e. The number of rotatable bonds is 6. The van der Waals surface area contributed by atoms with E-state index in [2.05, 4.69) is 19.1 Å². The molecule has 1 heteroatoms. The van der Waals surface area contributed by atoms with Gasteiger partial charge in [0.2, 0.25) is 0 Å². The fourth-order valence-electron chi connectivity index (χ4n) is 1.99. The average molecular weight is 194 g/mol. The summed E-state index contributed by atoms with van der Waals surface area (Å²) in [5.74, 6) is 0.724. The average Bonchev–Trinajstić information content (AvgIpc) is 2.25. The van der Waals surface area contributed by atoms with E-state index < -0.39 is 0 Å². The van der Waals surface area contributed by atoms with Crippen molar-refractivity contribution in [1.29, 1.82) is 0 Å². The highest BCUT2D eigenvalue weighted by atomic mass is 16.1. The van der Waals surface area contributed by atoms with E-state index in [0.29, 0.717) is 5.78 Å². The van der Waals surface area contributed by atoms with Crippen molar-refractivity contribution in [3.63, 3.8) is 0 Å². The van der Waals surface area contributed by atoms with Crippen LogP contribution in [-0.2, 0) is 4.79 Å². The molecular weight excluding hydrogens is 172 g/mol. The highest BCUT2D eigenvalue weighted by molar-refractivity contribution is 5.82. The zero-order valence-electron chi connectivity index (χ0n) is 9.30. The third-order valence-corrected chi connectivity index (χ3v) is 2.94. The van der Waals surface area contributed by atoms with Crippen molar-refractivity contribution in [3.05, 3.63) is 12.2 Å². The molecule has 1 atom stereocenters. The summed E-state index contributed by atoms with van der Waals surface area (Å²) in [4.78, 5) is 11.7. The Morgan fingerprint density at radius 2 is 2.21 bits per heavy atom. The summed E-state index contributed by atoms with van der Waals surface area (Å²) < 4.78 is 0. The van der Waals surface area contributed by atoms with Crippen molar-refractivity contribution < 1.29 is 4.79 Å². The standard InChI is InChI=1S/C13H22O/c1-2-3-4-8-11-13(14)12-9-6-5-7-10-12/h6,9,12H,2-5,7-8,10-11H2,1H3. The molecule has 0 saturated carbocycles. The van der Waals surface area contributed by atoms with Crippen LogP contribution in [0.4, 0.5) is 0 Å². The molecule has 80 valence electrons. The second-order valence-corrected chi connectivity index (χ2v) is 4.24. The van der Waals surface area contributed by atoms with Gasteiger partial charge in [0.25, 0.3) is 0 Å². The lowest BCUT2D eigenvalue weighted by atomic mass is 9.90. The topological polar surface area (TPSA) is 17.1 Å². The van der Waals surface area contributed by atoms with Gasteiger partial charge in [0.05, 0.1) is 0 Å². The Balaban J connectivity index is 2.14. The third-order valence-electron chi connectivity index (χ3n) is 2.94. The van der Waals surface area contributed by atoms with Gasteiger partial charge < -0.3 is 0 Å². The molecule has 14 heavy (non-hydrogen) atoms. The number of carbonyl (C=O) groups excluding carboxylic acids is 1. The minimum Gasteiger partial charge on any atom is -0.299 e. The van der Waals surface area contributed by atoms with Gasteiger partial charge >= 0.3 is 0 Å². The van der Waals surface area contributed by atoms with Crippen molar-refractivity contribution in [3.8, 4) is 0 Å². The van der Waals surface area contributed by atoms with Crippen molar-refractivity contribution in [2.24, 2.45) is 5.92 Å². The molecule has 0 amide bonds. The van der Waals surface area contributed by atoms with Crippen molar-refractivity contribution in [2.75, 3.05) is 0 Å². The Hall–Kier alpha value is -0.590. The molecule has 0 bridgehead atoms. The van der Waals surface area contributed by atoms with Crippen LogP contribution in [0.15, 0.2) is 12.2 Å². The number of carbonyl (C=O) groups is 1. The molecule has 0 spiro atoms. The minimum atomic E-state index is 0.255. The first-order chi connectivity index (χ1) is 6.84. The van der Waals surface area contributed by atoms with Crippen LogP contribution in [0, 0.1) is 5.92 Å². The number of unbranched alkanes of at least 4 members (excludes halogenated alkanes) is 3. The molecule has 1 rings (SSSR count). The molecule has 0 aromatic heterocycles. The van der Waals surface area contributed by atoms with Crippen molar-refractivity contribution in [1.82, 2.24) is 0 Å². The Kier molecular flexibility index (Phi) is 5.58. The largest absolute Gasteiger partial charge is 0.299 e. The van der Waals surface area contributed by atoms with Gasteiger partial charge in [-0.3, -0.25) is 4.79 Å². The Morgan fingerprint density at radius 3 is 2.86 bits per heavy atom. The molecule has 1 nitrogen and oxygen atoms in total. The summed E-state index contributed by atoms with van der Waals surface area (Å²) in [5, 5.41) is 0. The number of ketones is 1. The number of hydrogen-bond donors (Lipinski definition) is 0. The molecule has 1 unspecified atom stereocenters. The molecule has 0 aromatic carbocycles. The van der Waals surface area contributed by atoms with Crippen LogP contribution in [0.2, 0.25) is 0 Å². The van der Waals surface area contributed by atoms with Gasteiger partial charge in [-0.05, 0) is 25.7 Å². The molecule has 1 aliphatic rings. The van der Waals surface area contributed by atoms with Gasteiger partial charge in [-0.15, -0.1) is 0 Å². The van der Waals surface area contributed by atoms with Gasteiger partial charge in [-0.2, -0.15) is 0 Å². The first-order valence-electron chi connectivity index (χ1n) is 6.04. The first kappa shape index (κ1) is 11.5. The van der Waals surface area contributed by atoms with Crippen LogP contribution in [0.5, 0.6) is 0 Å². The van der Waals surface area contributed by atoms with E-state index in [1.807, 2.05) is 0 Å². The summed E-state index contributed by atoms with van der Waals surface area (Å²) in [6, 6.07) is 0. The van der Waals surface area contributed by atoms with E-state index in [1.54, 1.807) is 0 Å². The van der Waals surface area contributed by atoms with Crippen LogP contribution in [0.1, 0.15) is 58.3 Å². The summed E-state index contributed by atoms with van der Waals surface area (Å²) in [5.41, 5.74) is 0. The van der Waals surface area contributed by atoms with Crippen LogP contribution in [-0.4, -0.2) is 5.78 Å². The van der Waals surface area contributed by atoms with E-state index >= 15 is 0 Å². The summed E-state index contributed by atoms with van der Waals surface area (Å²) >= 11 is 0. The number of Topliss-reactive ketones (excluding diaryl/α,β-unsaturated/α-hetero) is 1. The van der Waals surface area contributed by atoms with Crippen molar-refractivity contribution in [2.45, 2.75) is 58.3 Å². The fraction of sp³-hybridized carbons (Fsp3) is 0.769. The lowest BCUT2D eigenvalue weighted by molar-refractivity contribution is -0.121. The molecule has 1 aliphatic carbocycles. The molecule has 0 aliphatic heterocycles. The number of allylic oxidation sites excluding steroid dienone is 2. The summed E-state index contributed by atoms with van der Waals surface area (Å²) in [6.07, 6.45) is 13.4. The van der Waals surface area contributed by atoms with E-state index in [1.165, 1.54) is 32.1 Å². The quantitative estimate of drug-likeness (QED) is 0.463. The molecular formula is C13H22O. The lowest BCUT2D eigenvalue weighted by Gasteiger charge is -2.14. The van der Waals surface area contributed by atoms with Gasteiger partial charge in [0, 0.05) is 12.3 Å². The maximum atomic E-state index is 11.7. The van der Waals surface area contributed by atoms with Gasteiger partial charge in [0.15, 0.2) is 0 Å². The zero-order chi connectivity index (χ0) is 10.2. The van der Waals surface area contributed by atoms with Crippen LogP contribution in [0.3, 0.4) is 0 Å². The van der Waals surface area contributed by atoms with Gasteiger partial charge in [0.1, 0.15) is 5.78 Å². The normalized spacial score (nSPS) is 21.1. The second kappa shape index (κ2) is 6.80. The monoisotopic (exact) mass is 194 g/mol.